The number of furan rings is 1. The summed E-state index contributed by atoms with van der Waals surface area (Å²) < 4.78 is 32.6. The maximum atomic E-state index is 13.1. The van der Waals surface area contributed by atoms with E-state index in [-0.39, 0.29) is 18.0 Å². The molecule has 3 aromatic rings. The summed E-state index contributed by atoms with van der Waals surface area (Å²) in [5, 5.41) is 2.75. The van der Waals surface area contributed by atoms with Crippen LogP contribution in [0.1, 0.15) is 16.9 Å². The van der Waals surface area contributed by atoms with E-state index in [1.165, 1.54) is 18.4 Å². The molecule has 1 amide bonds. The number of amides is 1. The minimum atomic E-state index is -3.88. The number of carbonyl (C=O) groups excluding carboxylic acids is 1. The molecule has 0 saturated carbocycles. The molecular formula is C21H22N2O4S. The average Bonchev–Trinajstić information content (AvgIpc) is 3.14. The molecule has 0 saturated heterocycles. The largest absolute Gasteiger partial charge is 0.468 e. The first-order valence-electron chi connectivity index (χ1n) is 8.80. The lowest BCUT2D eigenvalue weighted by Crippen LogP contribution is -2.37. The first kappa shape index (κ1) is 19.9. The molecule has 0 aliphatic heterocycles. The van der Waals surface area contributed by atoms with Gasteiger partial charge in [-0.15, -0.1) is 0 Å². The Morgan fingerprint density at radius 2 is 1.75 bits per heavy atom. The van der Waals surface area contributed by atoms with Crippen molar-refractivity contribution in [2.75, 3.05) is 11.9 Å². The molecular weight excluding hydrogens is 376 g/mol. The van der Waals surface area contributed by atoms with Crippen LogP contribution in [-0.2, 0) is 21.4 Å². The van der Waals surface area contributed by atoms with Crippen LogP contribution in [0.4, 0.5) is 5.69 Å². The van der Waals surface area contributed by atoms with Gasteiger partial charge in [-0.1, -0.05) is 29.8 Å². The Kier molecular flexibility index (Phi) is 5.96. The second-order valence-electron chi connectivity index (χ2n) is 6.58. The number of sulfonamides is 1. The van der Waals surface area contributed by atoms with Crippen LogP contribution in [0.3, 0.4) is 0 Å². The summed E-state index contributed by atoms with van der Waals surface area (Å²) >= 11 is 0. The number of hydrogen-bond donors (Lipinski definition) is 1. The van der Waals surface area contributed by atoms with Crippen LogP contribution < -0.4 is 5.32 Å². The molecule has 0 bridgehead atoms. The zero-order valence-corrected chi connectivity index (χ0v) is 16.6. The van der Waals surface area contributed by atoms with Crippen molar-refractivity contribution in [3.8, 4) is 0 Å². The SMILES string of the molecule is Cc1ccc(S(=O)(=O)N(CC(=O)Nc2cccc(C)c2)Cc2ccco2)cc1. The van der Waals surface area contributed by atoms with E-state index in [2.05, 4.69) is 5.32 Å². The highest BCUT2D eigenvalue weighted by Gasteiger charge is 2.27. The van der Waals surface area contributed by atoms with Crippen LogP contribution in [0.25, 0.3) is 0 Å². The fraction of sp³-hybridized carbons (Fsp3) is 0.190. The van der Waals surface area contributed by atoms with Gasteiger partial charge in [-0.3, -0.25) is 4.79 Å². The molecule has 1 N–H and O–H groups in total. The van der Waals surface area contributed by atoms with E-state index in [9.17, 15) is 13.2 Å². The van der Waals surface area contributed by atoms with Crippen LogP contribution in [-0.4, -0.2) is 25.2 Å². The van der Waals surface area contributed by atoms with Gasteiger partial charge in [-0.25, -0.2) is 8.42 Å². The number of rotatable bonds is 7. The third kappa shape index (κ3) is 4.88. The van der Waals surface area contributed by atoms with Gasteiger partial charge in [0.15, 0.2) is 0 Å². The van der Waals surface area contributed by atoms with E-state index in [1.807, 2.05) is 32.0 Å². The Labute approximate surface area is 164 Å². The Morgan fingerprint density at radius 3 is 2.39 bits per heavy atom. The van der Waals surface area contributed by atoms with E-state index < -0.39 is 15.9 Å². The van der Waals surface area contributed by atoms with E-state index >= 15 is 0 Å². The van der Waals surface area contributed by atoms with Crippen molar-refractivity contribution in [1.29, 1.82) is 0 Å². The van der Waals surface area contributed by atoms with Crippen molar-refractivity contribution in [2.45, 2.75) is 25.3 Å². The third-order valence-electron chi connectivity index (χ3n) is 4.19. The first-order valence-corrected chi connectivity index (χ1v) is 10.2. The lowest BCUT2D eigenvalue weighted by molar-refractivity contribution is -0.116. The summed E-state index contributed by atoms with van der Waals surface area (Å²) in [7, 11) is -3.88. The second-order valence-corrected chi connectivity index (χ2v) is 8.52. The number of carbonyl (C=O) groups is 1. The number of nitrogens with zero attached hydrogens (tertiary/aromatic N) is 1. The maximum Gasteiger partial charge on any atom is 0.243 e. The molecule has 28 heavy (non-hydrogen) atoms. The Morgan fingerprint density at radius 1 is 1.00 bits per heavy atom. The van der Waals surface area contributed by atoms with E-state index in [4.69, 9.17) is 4.42 Å². The number of aryl methyl sites for hydroxylation is 2. The maximum absolute atomic E-state index is 13.1. The molecule has 1 heterocycles. The quantitative estimate of drug-likeness (QED) is 0.658. The van der Waals surface area contributed by atoms with Crippen LogP contribution in [0.15, 0.2) is 76.2 Å². The second kappa shape index (κ2) is 8.41. The number of nitrogens with one attached hydrogen (secondary N) is 1. The van der Waals surface area contributed by atoms with E-state index in [0.717, 1.165) is 15.4 Å². The molecule has 1 aromatic heterocycles. The molecule has 0 fully saturated rings. The summed E-state index contributed by atoms with van der Waals surface area (Å²) in [5.74, 6) is 0.0342. The fourth-order valence-electron chi connectivity index (χ4n) is 2.75. The van der Waals surface area contributed by atoms with Crippen molar-refractivity contribution >= 4 is 21.6 Å². The van der Waals surface area contributed by atoms with Gasteiger partial charge in [0.05, 0.1) is 24.2 Å². The molecule has 0 unspecified atom stereocenters. The summed E-state index contributed by atoms with van der Waals surface area (Å²) in [6.45, 7) is 3.43. The zero-order chi connectivity index (χ0) is 20.1. The predicted octanol–water partition coefficient (Wildman–Crippen LogP) is 3.73. The summed E-state index contributed by atoms with van der Waals surface area (Å²) in [6.07, 6.45) is 1.47. The number of hydrogen-bond acceptors (Lipinski definition) is 4. The lowest BCUT2D eigenvalue weighted by atomic mass is 10.2. The van der Waals surface area contributed by atoms with Gasteiger partial charge < -0.3 is 9.73 Å². The Hall–Kier alpha value is -2.90. The molecule has 0 spiro atoms. The number of anilines is 1. The molecule has 0 aliphatic carbocycles. The van der Waals surface area contributed by atoms with E-state index in [1.54, 1.807) is 30.3 Å². The molecule has 146 valence electrons. The number of benzene rings is 2. The van der Waals surface area contributed by atoms with Crippen molar-refractivity contribution in [1.82, 2.24) is 4.31 Å². The van der Waals surface area contributed by atoms with Gasteiger partial charge in [0.1, 0.15) is 5.76 Å². The monoisotopic (exact) mass is 398 g/mol. The van der Waals surface area contributed by atoms with Crippen LogP contribution in [0, 0.1) is 13.8 Å². The van der Waals surface area contributed by atoms with Crippen LogP contribution >= 0.6 is 0 Å². The Bertz CT molecular complexity index is 1040. The molecule has 3 rings (SSSR count). The minimum Gasteiger partial charge on any atom is -0.468 e. The third-order valence-corrected chi connectivity index (χ3v) is 6.00. The molecule has 6 nitrogen and oxygen atoms in total. The van der Waals surface area contributed by atoms with Crippen molar-refractivity contribution in [2.24, 2.45) is 0 Å². The summed E-state index contributed by atoms with van der Waals surface area (Å²) in [5.41, 5.74) is 2.57. The zero-order valence-electron chi connectivity index (χ0n) is 15.8. The van der Waals surface area contributed by atoms with Gasteiger partial charge in [0.25, 0.3) is 0 Å². The van der Waals surface area contributed by atoms with Crippen LogP contribution in [0.5, 0.6) is 0 Å². The van der Waals surface area contributed by atoms with Gasteiger partial charge in [0.2, 0.25) is 15.9 Å². The Balaban J connectivity index is 1.84. The van der Waals surface area contributed by atoms with Gasteiger partial charge in [-0.2, -0.15) is 4.31 Å². The standard InChI is InChI=1S/C21H22N2O4S/c1-16-8-10-20(11-9-16)28(25,26)23(14-19-7-4-12-27-19)15-21(24)22-18-6-3-5-17(2)13-18/h3-13H,14-15H2,1-2H3,(H,22,24). The lowest BCUT2D eigenvalue weighted by Gasteiger charge is -2.21. The minimum absolute atomic E-state index is 0.0373. The first-order chi connectivity index (χ1) is 13.3. The molecule has 0 aliphatic rings. The highest BCUT2D eigenvalue weighted by molar-refractivity contribution is 7.89. The van der Waals surface area contributed by atoms with Crippen molar-refractivity contribution in [3.05, 3.63) is 83.8 Å². The summed E-state index contributed by atoms with van der Waals surface area (Å²) in [6, 6.07) is 17.2. The predicted molar refractivity (Wildman–Crippen MR) is 107 cm³/mol. The molecule has 0 atom stereocenters. The molecule has 2 aromatic carbocycles. The molecule has 0 radical (unpaired) electrons. The summed E-state index contributed by atoms with van der Waals surface area (Å²) in [4.78, 5) is 12.7. The highest BCUT2D eigenvalue weighted by atomic mass is 32.2. The van der Waals surface area contributed by atoms with Gasteiger partial charge in [0, 0.05) is 5.69 Å². The van der Waals surface area contributed by atoms with Crippen LogP contribution in [0.2, 0.25) is 0 Å². The highest BCUT2D eigenvalue weighted by Crippen LogP contribution is 2.20. The normalized spacial score (nSPS) is 11.5. The topological polar surface area (TPSA) is 79.6 Å². The van der Waals surface area contributed by atoms with Gasteiger partial charge in [-0.05, 0) is 55.8 Å². The van der Waals surface area contributed by atoms with Crippen molar-refractivity contribution < 1.29 is 17.6 Å². The van der Waals surface area contributed by atoms with E-state index in [0.29, 0.717) is 11.4 Å². The van der Waals surface area contributed by atoms with Gasteiger partial charge >= 0.3 is 0 Å². The smallest absolute Gasteiger partial charge is 0.243 e. The fourth-order valence-corrected chi connectivity index (χ4v) is 4.11. The average molecular weight is 398 g/mol. The molecule has 7 heteroatoms. The van der Waals surface area contributed by atoms with Crippen molar-refractivity contribution in [3.63, 3.8) is 0 Å².